The molecule has 4 aromatic rings. The Bertz CT molecular complexity index is 1060. The summed E-state index contributed by atoms with van der Waals surface area (Å²) in [6.07, 6.45) is 2.15. The van der Waals surface area contributed by atoms with Crippen LogP contribution in [-0.2, 0) is 11.2 Å². The minimum atomic E-state index is -0.148. The average Bonchev–Trinajstić information content (AvgIpc) is 3.24. The molecule has 1 amide bonds. The molecular formula is C19H16N4OS. The minimum absolute atomic E-state index is 0.148. The van der Waals surface area contributed by atoms with Crippen LogP contribution in [0.4, 0.5) is 0 Å². The number of H-pyrrole nitrogens is 1. The maximum Gasteiger partial charge on any atom is 0.244 e. The highest BCUT2D eigenvalue weighted by Crippen LogP contribution is 2.22. The van der Waals surface area contributed by atoms with Crippen LogP contribution < -0.4 is 5.43 Å². The Balaban J connectivity index is 1.47. The van der Waals surface area contributed by atoms with Gasteiger partial charge in [-0.05, 0) is 30.7 Å². The van der Waals surface area contributed by atoms with E-state index in [0.29, 0.717) is 5.71 Å². The normalized spacial score (nSPS) is 12.0. The van der Waals surface area contributed by atoms with Crippen molar-refractivity contribution in [3.63, 3.8) is 0 Å². The first-order chi connectivity index (χ1) is 12.2. The zero-order valence-corrected chi connectivity index (χ0v) is 14.4. The van der Waals surface area contributed by atoms with Crippen molar-refractivity contribution in [1.82, 2.24) is 15.4 Å². The minimum Gasteiger partial charge on any atom is -0.361 e. The number of hydrogen-bond acceptors (Lipinski definition) is 4. The Labute approximate surface area is 148 Å². The molecule has 0 aliphatic carbocycles. The van der Waals surface area contributed by atoms with Crippen molar-refractivity contribution in [2.24, 2.45) is 5.10 Å². The number of amides is 1. The lowest BCUT2D eigenvalue weighted by molar-refractivity contribution is -0.120. The van der Waals surface area contributed by atoms with E-state index < -0.39 is 0 Å². The highest BCUT2D eigenvalue weighted by atomic mass is 32.1. The highest BCUT2D eigenvalue weighted by Gasteiger charge is 2.09. The number of carbonyl (C=O) groups is 1. The van der Waals surface area contributed by atoms with Gasteiger partial charge in [0, 0.05) is 17.1 Å². The monoisotopic (exact) mass is 348 g/mol. The third-order valence-corrected chi connectivity index (χ3v) is 5.12. The molecule has 0 spiro atoms. The molecule has 4 rings (SSSR count). The number of hydrazone groups is 1. The fraction of sp³-hybridized carbons (Fsp3) is 0.105. The summed E-state index contributed by atoms with van der Waals surface area (Å²) in [5.74, 6) is -0.148. The summed E-state index contributed by atoms with van der Waals surface area (Å²) < 4.78 is 1.11. The molecule has 6 heteroatoms. The average molecular weight is 348 g/mol. The molecule has 2 aromatic carbocycles. The first kappa shape index (κ1) is 15.5. The van der Waals surface area contributed by atoms with E-state index in [2.05, 4.69) is 20.5 Å². The number of carbonyl (C=O) groups excluding carboxylic acids is 1. The molecule has 0 fully saturated rings. The van der Waals surface area contributed by atoms with Gasteiger partial charge in [0.1, 0.15) is 5.01 Å². The Morgan fingerprint density at radius 1 is 1.20 bits per heavy atom. The van der Waals surface area contributed by atoms with Crippen LogP contribution in [0.5, 0.6) is 0 Å². The second-order valence-corrected chi connectivity index (χ2v) is 6.79. The summed E-state index contributed by atoms with van der Waals surface area (Å²) in [5.41, 5.74) is 6.27. The number of nitrogens with one attached hydrogen (secondary N) is 2. The summed E-state index contributed by atoms with van der Waals surface area (Å²) >= 11 is 1.57. The molecule has 0 saturated heterocycles. The van der Waals surface area contributed by atoms with Gasteiger partial charge in [-0.25, -0.2) is 10.4 Å². The number of nitrogens with zero attached hydrogens (tertiary/aromatic N) is 2. The third-order valence-electron chi connectivity index (χ3n) is 3.98. The van der Waals surface area contributed by atoms with Crippen molar-refractivity contribution in [2.45, 2.75) is 13.3 Å². The summed E-state index contributed by atoms with van der Waals surface area (Å²) in [7, 11) is 0. The van der Waals surface area contributed by atoms with Crippen LogP contribution in [-0.4, -0.2) is 21.6 Å². The van der Waals surface area contributed by atoms with Gasteiger partial charge in [-0.3, -0.25) is 4.79 Å². The lowest BCUT2D eigenvalue weighted by Crippen LogP contribution is -2.21. The molecular weight excluding hydrogens is 332 g/mol. The van der Waals surface area contributed by atoms with E-state index in [4.69, 9.17) is 0 Å². The van der Waals surface area contributed by atoms with Gasteiger partial charge in [-0.15, -0.1) is 11.3 Å². The van der Waals surface area contributed by atoms with Gasteiger partial charge in [0.2, 0.25) is 5.91 Å². The van der Waals surface area contributed by atoms with Crippen molar-refractivity contribution in [3.8, 4) is 0 Å². The van der Waals surface area contributed by atoms with E-state index >= 15 is 0 Å². The number of thiazole rings is 1. The van der Waals surface area contributed by atoms with E-state index in [1.165, 1.54) is 0 Å². The topological polar surface area (TPSA) is 70.1 Å². The summed E-state index contributed by atoms with van der Waals surface area (Å²) in [6.45, 7) is 1.85. The maximum absolute atomic E-state index is 12.2. The molecule has 124 valence electrons. The van der Waals surface area contributed by atoms with Crippen molar-refractivity contribution in [1.29, 1.82) is 0 Å². The zero-order chi connectivity index (χ0) is 17.2. The fourth-order valence-corrected chi connectivity index (χ4v) is 3.62. The Hall–Kier alpha value is -2.99. The summed E-state index contributed by atoms with van der Waals surface area (Å²) in [4.78, 5) is 19.9. The first-order valence-electron chi connectivity index (χ1n) is 7.95. The maximum atomic E-state index is 12.2. The molecule has 0 aliphatic rings. The van der Waals surface area contributed by atoms with E-state index in [-0.39, 0.29) is 12.3 Å². The lowest BCUT2D eigenvalue weighted by Gasteiger charge is -2.00. The molecule has 5 nitrogen and oxygen atoms in total. The molecule has 25 heavy (non-hydrogen) atoms. The SMILES string of the molecule is CC(=NNC(=O)Cc1c[nH]c2ccccc12)c1nc2ccccc2s1. The van der Waals surface area contributed by atoms with Gasteiger partial charge in [-0.1, -0.05) is 30.3 Å². The van der Waals surface area contributed by atoms with Gasteiger partial charge in [-0.2, -0.15) is 5.10 Å². The zero-order valence-electron chi connectivity index (χ0n) is 13.6. The number of aromatic amines is 1. The molecule has 0 bridgehead atoms. The van der Waals surface area contributed by atoms with E-state index in [1.54, 1.807) is 11.3 Å². The smallest absolute Gasteiger partial charge is 0.244 e. The number of benzene rings is 2. The number of fused-ring (bicyclic) bond motifs is 2. The highest BCUT2D eigenvalue weighted by molar-refractivity contribution is 7.20. The fourth-order valence-electron chi connectivity index (χ4n) is 2.71. The van der Waals surface area contributed by atoms with Gasteiger partial charge in [0.25, 0.3) is 0 Å². The van der Waals surface area contributed by atoms with Crippen molar-refractivity contribution < 1.29 is 4.79 Å². The van der Waals surface area contributed by atoms with E-state index in [1.807, 2.05) is 61.7 Å². The summed E-state index contributed by atoms with van der Waals surface area (Å²) in [6, 6.07) is 15.9. The second kappa shape index (κ2) is 6.49. The van der Waals surface area contributed by atoms with Crippen LogP contribution in [0.15, 0.2) is 59.8 Å². The second-order valence-electron chi connectivity index (χ2n) is 5.76. The largest absolute Gasteiger partial charge is 0.361 e. The van der Waals surface area contributed by atoms with Crippen LogP contribution >= 0.6 is 11.3 Å². The van der Waals surface area contributed by atoms with Crippen molar-refractivity contribution in [2.75, 3.05) is 0 Å². The van der Waals surface area contributed by atoms with Gasteiger partial charge in [0.15, 0.2) is 0 Å². The first-order valence-corrected chi connectivity index (χ1v) is 8.76. The Kier molecular flexibility index (Phi) is 4.03. The summed E-state index contributed by atoms with van der Waals surface area (Å²) in [5, 5.41) is 6.08. The predicted molar refractivity (Wildman–Crippen MR) is 102 cm³/mol. The van der Waals surface area contributed by atoms with E-state index in [0.717, 1.165) is 31.7 Å². The van der Waals surface area contributed by atoms with Gasteiger partial charge < -0.3 is 4.98 Å². The van der Waals surface area contributed by atoms with Crippen LogP contribution in [0.3, 0.4) is 0 Å². The number of hydrogen-bond donors (Lipinski definition) is 2. The third kappa shape index (κ3) is 3.16. The molecule has 0 atom stereocenters. The molecule has 2 N–H and O–H groups in total. The van der Waals surface area contributed by atoms with Crippen molar-refractivity contribution in [3.05, 3.63) is 65.3 Å². The van der Waals surface area contributed by atoms with Crippen LogP contribution in [0, 0.1) is 0 Å². The lowest BCUT2D eigenvalue weighted by atomic mass is 10.1. The van der Waals surface area contributed by atoms with Crippen LogP contribution in [0.1, 0.15) is 17.5 Å². The van der Waals surface area contributed by atoms with Crippen LogP contribution in [0.25, 0.3) is 21.1 Å². The van der Waals surface area contributed by atoms with Gasteiger partial charge in [0.05, 0.1) is 22.3 Å². The van der Waals surface area contributed by atoms with Crippen LogP contribution in [0.2, 0.25) is 0 Å². The number of aromatic nitrogens is 2. The predicted octanol–water partition coefficient (Wildman–Crippen LogP) is 3.86. The van der Waals surface area contributed by atoms with Gasteiger partial charge >= 0.3 is 0 Å². The Morgan fingerprint density at radius 3 is 2.88 bits per heavy atom. The quantitative estimate of drug-likeness (QED) is 0.434. The standard InChI is InChI=1S/C19H16N4OS/c1-12(19-21-16-8-4-5-9-17(16)25-19)22-23-18(24)10-13-11-20-15-7-3-2-6-14(13)15/h2-9,11,20H,10H2,1H3,(H,23,24). The number of para-hydroxylation sites is 2. The van der Waals surface area contributed by atoms with E-state index in [9.17, 15) is 4.79 Å². The molecule has 0 unspecified atom stereocenters. The molecule has 0 saturated carbocycles. The number of rotatable bonds is 4. The molecule has 2 heterocycles. The Morgan fingerprint density at radius 2 is 2.00 bits per heavy atom. The molecule has 0 radical (unpaired) electrons. The van der Waals surface area contributed by atoms with Crippen molar-refractivity contribution >= 4 is 44.1 Å². The molecule has 2 aromatic heterocycles. The molecule has 0 aliphatic heterocycles.